The molecule has 2 heterocycles. The predicted octanol–water partition coefficient (Wildman–Crippen LogP) is 2.10. The number of hydrogen-bond acceptors (Lipinski definition) is 3. The van der Waals surface area contributed by atoms with Gasteiger partial charge in [-0.05, 0) is 15.9 Å². The number of rotatable bonds is 0. The summed E-state index contributed by atoms with van der Waals surface area (Å²) in [6, 6.07) is 3.78. The minimum Gasteiger partial charge on any atom is -0.486 e. The normalized spacial score (nSPS) is 14.6. The molecule has 1 aliphatic heterocycles. The van der Waals surface area contributed by atoms with Gasteiger partial charge in [-0.15, -0.1) is 0 Å². The van der Waals surface area contributed by atoms with Crippen molar-refractivity contribution in [2.24, 2.45) is 0 Å². The summed E-state index contributed by atoms with van der Waals surface area (Å²) in [7, 11) is 0. The highest BCUT2D eigenvalue weighted by Gasteiger charge is 2.13. The first-order valence-corrected chi connectivity index (χ1v) is 5.07. The molecule has 0 saturated heterocycles. The largest absolute Gasteiger partial charge is 0.486 e. The van der Waals surface area contributed by atoms with Gasteiger partial charge in [0.2, 0.25) is 0 Å². The molecule has 0 unspecified atom stereocenters. The van der Waals surface area contributed by atoms with Gasteiger partial charge in [-0.2, -0.15) is 0 Å². The van der Waals surface area contributed by atoms with Crippen LogP contribution in [-0.2, 0) is 0 Å². The summed E-state index contributed by atoms with van der Waals surface area (Å²) >= 11 is 3.28. The summed E-state index contributed by atoms with van der Waals surface area (Å²) in [5.74, 6) is 1.54. The molecule has 1 aliphatic rings. The molecule has 3 rings (SSSR count). The van der Waals surface area contributed by atoms with Crippen LogP contribution in [0.2, 0.25) is 0 Å². The van der Waals surface area contributed by atoms with Crippen LogP contribution in [0.3, 0.4) is 0 Å². The molecule has 0 aliphatic carbocycles. The van der Waals surface area contributed by atoms with Gasteiger partial charge in [0.15, 0.2) is 16.2 Å². The van der Waals surface area contributed by atoms with E-state index < -0.39 is 0 Å². The number of imidazole rings is 1. The molecule has 72 valence electrons. The Hall–Kier alpha value is -1.23. The highest BCUT2D eigenvalue weighted by atomic mass is 79.9. The molecular formula is C9H7BrN2O2. The van der Waals surface area contributed by atoms with E-state index in [4.69, 9.17) is 9.47 Å². The molecule has 1 N–H and O–H groups in total. The minimum atomic E-state index is 0.601. The minimum absolute atomic E-state index is 0.601. The lowest BCUT2D eigenvalue weighted by Gasteiger charge is -2.17. The van der Waals surface area contributed by atoms with Gasteiger partial charge in [0.1, 0.15) is 13.2 Å². The van der Waals surface area contributed by atoms with Gasteiger partial charge in [-0.1, -0.05) is 0 Å². The molecule has 2 aromatic rings. The predicted molar refractivity (Wildman–Crippen MR) is 54.8 cm³/mol. The van der Waals surface area contributed by atoms with Crippen LogP contribution in [0.15, 0.2) is 16.9 Å². The lowest BCUT2D eigenvalue weighted by molar-refractivity contribution is 0.172. The summed E-state index contributed by atoms with van der Waals surface area (Å²) in [4.78, 5) is 7.33. The Kier molecular flexibility index (Phi) is 1.67. The van der Waals surface area contributed by atoms with E-state index >= 15 is 0 Å². The monoisotopic (exact) mass is 254 g/mol. The van der Waals surface area contributed by atoms with Gasteiger partial charge in [0.05, 0.1) is 11.0 Å². The topological polar surface area (TPSA) is 47.1 Å². The zero-order valence-electron chi connectivity index (χ0n) is 7.21. The molecule has 0 radical (unpaired) electrons. The number of benzene rings is 1. The van der Waals surface area contributed by atoms with Crippen molar-refractivity contribution in [3.8, 4) is 11.5 Å². The van der Waals surface area contributed by atoms with E-state index in [9.17, 15) is 0 Å². The quantitative estimate of drug-likeness (QED) is 0.784. The number of nitrogens with one attached hydrogen (secondary N) is 1. The van der Waals surface area contributed by atoms with Gasteiger partial charge < -0.3 is 14.5 Å². The SMILES string of the molecule is Brc1nc2cc3c(cc2[nH]1)OCCO3. The fraction of sp³-hybridized carbons (Fsp3) is 0.222. The zero-order valence-corrected chi connectivity index (χ0v) is 8.80. The standard InChI is InChI=1S/C9H7BrN2O2/c10-9-11-5-3-7-8(4-6(5)12-9)14-2-1-13-7/h3-4H,1-2H2,(H,11,12). The number of H-pyrrole nitrogens is 1. The summed E-state index contributed by atoms with van der Waals surface area (Å²) in [5.41, 5.74) is 1.82. The number of halogens is 1. The third-order valence-electron chi connectivity index (χ3n) is 2.12. The zero-order chi connectivity index (χ0) is 9.54. The molecule has 0 spiro atoms. The maximum absolute atomic E-state index is 5.45. The van der Waals surface area contributed by atoms with E-state index in [1.807, 2.05) is 12.1 Å². The smallest absolute Gasteiger partial charge is 0.175 e. The molecular weight excluding hydrogens is 248 g/mol. The lowest BCUT2D eigenvalue weighted by atomic mass is 10.2. The van der Waals surface area contributed by atoms with E-state index in [2.05, 4.69) is 25.9 Å². The van der Waals surface area contributed by atoms with Crippen LogP contribution in [0.4, 0.5) is 0 Å². The molecule has 0 amide bonds. The first-order chi connectivity index (χ1) is 6.83. The highest BCUT2D eigenvalue weighted by molar-refractivity contribution is 9.10. The molecule has 0 bridgehead atoms. The van der Waals surface area contributed by atoms with Crippen molar-refractivity contribution < 1.29 is 9.47 Å². The lowest BCUT2D eigenvalue weighted by Crippen LogP contribution is -2.15. The average Bonchev–Trinajstić information content (AvgIpc) is 2.53. The second kappa shape index (κ2) is 2.88. The van der Waals surface area contributed by atoms with Gasteiger partial charge in [-0.3, -0.25) is 0 Å². The second-order valence-corrected chi connectivity index (χ2v) is 3.79. The van der Waals surface area contributed by atoms with Gasteiger partial charge in [0.25, 0.3) is 0 Å². The van der Waals surface area contributed by atoms with Crippen molar-refractivity contribution >= 4 is 27.0 Å². The summed E-state index contributed by atoms with van der Waals surface area (Å²) in [5, 5.41) is 0. The Morgan fingerprint density at radius 3 is 2.71 bits per heavy atom. The number of nitrogens with zero attached hydrogens (tertiary/aromatic N) is 1. The number of ether oxygens (including phenoxy) is 2. The molecule has 5 heteroatoms. The molecule has 4 nitrogen and oxygen atoms in total. The van der Waals surface area contributed by atoms with E-state index in [-0.39, 0.29) is 0 Å². The van der Waals surface area contributed by atoms with Crippen LogP contribution < -0.4 is 9.47 Å². The van der Waals surface area contributed by atoms with E-state index in [0.29, 0.717) is 13.2 Å². The highest BCUT2D eigenvalue weighted by Crippen LogP contribution is 2.33. The van der Waals surface area contributed by atoms with Crippen molar-refractivity contribution in [1.82, 2.24) is 9.97 Å². The van der Waals surface area contributed by atoms with Crippen LogP contribution in [0.25, 0.3) is 11.0 Å². The molecule has 0 atom stereocenters. The fourth-order valence-corrected chi connectivity index (χ4v) is 1.92. The fourth-order valence-electron chi connectivity index (χ4n) is 1.52. The molecule has 0 fully saturated rings. The Balaban J connectivity index is 2.26. The van der Waals surface area contributed by atoms with Gasteiger partial charge in [-0.25, -0.2) is 4.98 Å². The first kappa shape index (κ1) is 8.11. The molecule has 1 aromatic carbocycles. The van der Waals surface area contributed by atoms with Crippen molar-refractivity contribution in [3.05, 3.63) is 16.9 Å². The third kappa shape index (κ3) is 1.16. The summed E-state index contributed by atoms with van der Waals surface area (Å²) < 4.78 is 11.6. The second-order valence-electron chi connectivity index (χ2n) is 3.04. The number of fused-ring (bicyclic) bond motifs is 2. The van der Waals surface area contributed by atoms with E-state index in [0.717, 1.165) is 27.3 Å². The molecule has 14 heavy (non-hydrogen) atoms. The summed E-state index contributed by atoms with van der Waals surface area (Å²) in [6.07, 6.45) is 0. The maximum atomic E-state index is 5.45. The number of aromatic amines is 1. The number of aromatic nitrogens is 2. The van der Waals surface area contributed by atoms with Crippen LogP contribution in [0.5, 0.6) is 11.5 Å². The van der Waals surface area contributed by atoms with Crippen LogP contribution >= 0.6 is 15.9 Å². The Morgan fingerprint density at radius 2 is 1.93 bits per heavy atom. The molecule has 1 aromatic heterocycles. The Morgan fingerprint density at radius 1 is 1.21 bits per heavy atom. The van der Waals surface area contributed by atoms with Gasteiger partial charge >= 0.3 is 0 Å². The average molecular weight is 255 g/mol. The summed E-state index contributed by atoms with van der Waals surface area (Å²) in [6.45, 7) is 1.21. The van der Waals surface area contributed by atoms with Gasteiger partial charge in [0, 0.05) is 12.1 Å². The Bertz CT molecular complexity index is 452. The van der Waals surface area contributed by atoms with Crippen molar-refractivity contribution in [1.29, 1.82) is 0 Å². The van der Waals surface area contributed by atoms with Crippen LogP contribution in [-0.4, -0.2) is 23.2 Å². The van der Waals surface area contributed by atoms with E-state index in [1.165, 1.54) is 0 Å². The third-order valence-corrected chi connectivity index (χ3v) is 2.49. The first-order valence-electron chi connectivity index (χ1n) is 4.28. The van der Waals surface area contributed by atoms with Crippen LogP contribution in [0, 0.1) is 0 Å². The van der Waals surface area contributed by atoms with Crippen molar-refractivity contribution in [2.75, 3.05) is 13.2 Å². The maximum Gasteiger partial charge on any atom is 0.175 e. The Labute approximate surface area is 88.4 Å². The van der Waals surface area contributed by atoms with Crippen molar-refractivity contribution in [3.63, 3.8) is 0 Å². The molecule has 0 saturated carbocycles. The van der Waals surface area contributed by atoms with E-state index in [1.54, 1.807) is 0 Å². The van der Waals surface area contributed by atoms with Crippen molar-refractivity contribution in [2.45, 2.75) is 0 Å². The van der Waals surface area contributed by atoms with Crippen LogP contribution in [0.1, 0.15) is 0 Å². The number of hydrogen-bond donors (Lipinski definition) is 1.